The first-order valence-corrected chi connectivity index (χ1v) is 3.91. The summed E-state index contributed by atoms with van der Waals surface area (Å²) < 4.78 is 0. The van der Waals surface area contributed by atoms with Crippen LogP contribution in [0.1, 0.15) is 11.7 Å². The van der Waals surface area contributed by atoms with Crippen LogP contribution in [-0.2, 0) is 9.63 Å². The third kappa shape index (κ3) is 2.27. The number of hydrogen-bond acceptors (Lipinski definition) is 3. The predicted molar refractivity (Wildman–Crippen MR) is 48.5 cm³/mol. The van der Waals surface area contributed by atoms with Gasteiger partial charge < -0.3 is 5.32 Å². The summed E-state index contributed by atoms with van der Waals surface area (Å²) >= 11 is 0. The van der Waals surface area contributed by atoms with Crippen molar-refractivity contribution < 1.29 is 9.63 Å². The highest BCUT2D eigenvalue weighted by Crippen LogP contribution is 2.14. The first-order chi connectivity index (χ1) is 6.29. The average molecular weight is 180 g/mol. The molecule has 0 aliphatic carbocycles. The zero-order chi connectivity index (χ0) is 9.68. The summed E-state index contributed by atoms with van der Waals surface area (Å²) in [5.41, 5.74) is 0.740. The van der Waals surface area contributed by atoms with Gasteiger partial charge in [0.05, 0.1) is 0 Å². The van der Waals surface area contributed by atoms with Crippen LogP contribution in [0.3, 0.4) is 0 Å². The predicted octanol–water partition coefficient (Wildman–Crippen LogP) is 0.364. The quantitative estimate of drug-likeness (QED) is 0.660. The molecule has 0 bridgehead atoms. The lowest BCUT2D eigenvalue weighted by atomic mass is 10.1. The van der Waals surface area contributed by atoms with Crippen molar-refractivity contribution in [1.29, 1.82) is 0 Å². The molecule has 0 aliphatic rings. The number of benzene rings is 1. The molecule has 4 nitrogen and oxygen atoms in total. The normalized spacial score (nSPS) is 12.2. The van der Waals surface area contributed by atoms with Crippen LogP contribution < -0.4 is 11.2 Å². The van der Waals surface area contributed by atoms with Gasteiger partial charge >= 0.3 is 0 Å². The number of carbonyl (C=O) groups excluding carboxylic acids is 1. The van der Waals surface area contributed by atoms with Crippen molar-refractivity contribution in [2.24, 2.45) is 5.90 Å². The Morgan fingerprint density at radius 3 is 2.54 bits per heavy atom. The van der Waals surface area contributed by atoms with Crippen molar-refractivity contribution in [2.75, 3.05) is 7.05 Å². The van der Waals surface area contributed by atoms with Crippen LogP contribution >= 0.6 is 0 Å². The number of carbonyl (C=O) groups is 1. The van der Waals surface area contributed by atoms with E-state index in [1.54, 1.807) is 12.1 Å². The summed E-state index contributed by atoms with van der Waals surface area (Å²) in [6.07, 6.45) is -0.730. The largest absolute Gasteiger partial charge is 0.357 e. The molecule has 0 saturated heterocycles. The van der Waals surface area contributed by atoms with Gasteiger partial charge in [0.1, 0.15) is 0 Å². The molecule has 1 atom stereocenters. The zero-order valence-electron chi connectivity index (χ0n) is 7.36. The van der Waals surface area contributed by atoms with Crippen LogP contribution in [0.2, 0.25) is 0 Å². The Kier molecular flexibility index (Phi) is 3.42. The van der Waals surface area contributed by atoms with Gasteiger partial charge in [0, 0.05) is 7.05 Å². The van der Waals surface area contributed by atoms with E-state index in [1.807, 2.05) is 18.2 Å². The van der Waals surface area contributed by atoms with Crippen LogP contribution in [-0.4, -0.2) is 13.0 Å². The van der Waals surface area contributed by atoms with Crippen LogP contribution in [0.15, 0.2) is 30.3 Å². The minimum Gasteiger partial charge on any atom is -0.357 e. The highest BCUT2D eigenvalue weighted by molar-refractivity contribution is 5.81. The Morgan fingerprint density at radius 1 is 1.46 bits per heavy atom. The summed E-state index contributed by atoms with van der Waals surface area (Å²) in [6, 6.07) is 9.08. The maximum absolute atomic E-state index is 11.2. The molecule has 0 aromatic heterocycles. The number of nitrogens with two attached hydrogens (primary N) is 1. The van der Waals surface area contributed by atoms with Crippen LogP contribution in [0.4, 0.5) is 0 Å². The SMILES string of the molecule is CNC(=O)C(ON)c1ccccc1. The number of likely N-dealkylation sites (N-methyl/N-ethyl adjacent to an activating group) is 1. The summed E-state index contributed by atoms with van der Waals surface area (Å²) in [5.74, 6) is 4.76. The number of nitrogens with one attached hydrogen (secondary N) is 1. The van der Waals surface area contributed by atoms with Crippen molar-refractivity contribution in [3.63, 3.8) is 0 Å². The number of hydrogen-bond donors (Lipinski definition) is 2. The third-order valence-electron chi connectivity index (χ3n) is 1.72. The molecule has 0 fully saturated rings. The molecule has 0 spiro atoms. The molecule has 0 saturated carbocycles. The standard InChI is InChI=1S/C9H12N2O2/c1-11-9(12)8(13-10)7-5-3-2-4-6-7/h2-6,8H,10H2,1H3,(H,11,12). The molecule has 1 unspecified atom stereocenters. The second-order valence-corrected chi connectivity index (χ2v) is 2.54. The van der Waals surface area contributed by atoms with Crippen molar-refractivity contribution in [3.05, 3.63) is 35.9 Å². The number of rotatable bonds is 3. The molecule has 1 amide bonds. The highest BCUT2D eigenvalue weighted by atomic mass is 16.6. The molecule has 1 aromatic carbocycles. The second kappa shape index (κ2) is 4.59. The lowest BCUT2D eigenvalue weighted by Crippen LogP contribution is -2.29. The van der Waals surface area contributed by atoms with Gasteiger partial charge in [0.25, 0.3) is 5.91 Å². The van der Waals surface area contributed by atoms with E-state index < -0.39 is 6.10 Å². The monoisotopic (exact) mass is 180 g/mol. The minimum atomic E-state index is -0.730. The van der Waals surface area contributed by atoms with Gasteiger partial charge in [0.15, 0.2) is 6.10 Å². The zero-order valence-corrected chi connectivity index (χ0v) is 7.36. The first kappa shape index (κ1) is 9.70. The maximum atomic E-state index is 11.2. The molecule has 3 N–H and O–H groups in total. The molecule has 13 heavy (non-hydrogen) atoms. The lowest BCUT2D eigenvalue weighted by molar-refractivity contribution is -0.133. The van der Waals surface area contributed by atoms with Gasteiger partial charge in [-0.1, -0.05) is 30.3 Å². The highest BCUT2D eigenvalue weighted by Gasteiger charge is 2.18. The Morgan fingerprint density at radius 2 is 2.08 bits per heavy atom. The van der Waals surface area contributed by atoms with Crippen LogP contribution in [0.25, 0.3) is 0 Å². The fraction of sp³-hybridized carbons (Fsp3) is 0.222. The Balaban J connectivity index is 2.85. The smallest absolute Gasteiger partial charge is 0.255 e. The van der Waals surface area contributed by atoms with Gasteiger partial charge in [-0.3, -0.25) is 9.63 Å². The van der Waals surface area contributed by atoms with Gasteiger partial charge in [-0.05, 0) is 5.56 Å². The van der Waals surface area contributed by atoms with Gasteiger partial charge in [-0.2, -0.15) is 0 Å². The van der Waals surface area contributed by atoms with Crippen molar-refractivity contribution in [1.82, 2.24) is 5.32 Å². The van der Waals surface area contributed by atoms with E-state index in [4.69, 9.17) is 5.90 Å². The van der Waals surface area contributed by atoms with Gasteiger partial charge in [0.2, 0.25) is 0 Å². The lowest BCUT2D eigenvalue weighted by Gasteiger charge is -2.12. The molecular weight excluding hydrogens is 168 g/mol. The molecular formula is C9H12N2O2. The van der Waals surface area contributed by atoms with E-state index in [-0.39, 0.29) is 5.91 Å². The Bertz CT molecular complexity index is 274. The van der Waals surface area contributed by atoms with E-state index in [0.29, 0.717) is 0 Å². The van der Waals surface area contributed by atoms with Crippen molar-refractivity contribution >= 4 is 5.91 Å². The van der Waals surface area contributed by atoms with Crippen LogP contribution in [0.5, 0.6) is 0 Å². The third-order valence-corrected chi connectivity index (χ3v) is 1.72. The second-order valence-electron chi connectivity index (χ2n) is 2.54. The van der Waals surface area contributed by atoms with Crippen molar-refractivity contribution in [3.8, 4) is 0 Å². The van der Waals surface area contributed by atoms with Crippen LogP contribution in [0, 0.1) is 0 Å². The Hall–Kier alpha value is -1.39. The average Bonchev–Trinajstić information content (AvgIpc) is 2.20. The number of amides is 1. The van der Waals surface area contributed by atoms with E-state index >= 15 is 0 Å². The van der Waals surface area contributed by atoms with E-state index in [9.17, 15) is 4.79 Å². The summed E-state index contributed by atoms with van der Waals surface area (Å²) in [4.78, 5) is 15.8. The van der Waals surface area contributed by atoms with Gasteiger partial charge in [-0.25, -0.2) is 5.90 Å². The molecule has 0 radical (unpaired) electrons. The fourth-order valence-corrected chi connectivity index (χ4v) is 1.05. The molecule has 0 aliphatic heterocycles. The fourth-order valence-electron chi connectivity index (χ4n) is 1.05. The topological polar surface area (TPSA) is 64.3 Å². The minimum absolute atomic E-state index is 0.256. The maximum Gasteiger partial charge on any atom is 0.255 e. The molecule has 0 heterocycles. The molecule has 4 heteroatoms. The molecule has 70 valence electrons. The Labute approximate surface area is 76.6 Å². The first-order valence-electron chi connectivity index (χ1n) is 3.91. The summed E-state index contributed by atoms with van der Waals surface area (Å²) in [5, 5.41) is 2.47. The molecule has 1 aromatic rings. The molecule has 1 rings (SSSR count). The van der Waals surface area contributed by atoms with E-state index in [0.717, 1.165) is 5.56 Å². The van der Waals surface area contributed by atoms with Gasteiger partial charge in [-0.15, -0.1) is 0 Å². The summed E-state index contributed by atoms with van der Waals surface area (Å²) in [6.45, 7) is 0. The van der Waals surface area contributed by atoms with E-state index in [1.165, 1.54) is 7.05 Å². The van der Waals surface area contributed by atoms with E-state index in [2.05, 4.69) is 10.2 Å². The summed E-state index contributed by atoms with van der Waals surface area (Å²) in [7, 11) is 1.54. The van der Waals surface area contributed by atoms with Crippen molar-refractivity contribution in [2.45, 2.75) is 6.10 Å².